The van der Waals surface area contributed by atoms with Gasteiger partial charge in [-0.25, -0.2) is 0 Å². The minimum Gasteiger partial charge on any atom is -0.496 e. The number of methoxy groups -OCH3 is 1. The zero-order chi connectivity index (χ0) is 15.1. The molecule has 0 aromatic heterocycles. The standard InChI is InChI=1S/C18H29NO/c1-13(2)12-19-9-7-8-14(3)17-10-16(5)18(20-6)11-15(17)4/h8,10-11,13,19H,7,9,12H2,1-6H3/b14-8+. The summed E-state index contributed by atoms with van der Waals surface area (Å²) >= 11 is 0. The summed E-state index contributed by atoms with van der Waals surface area (Å²) < 4.78 is 5.37. The molecule has 0 heterocycles. The molecular weight excluding hydrogens is 246 g/mol. The van der Waals surface area contributed by atoms with Gasteiger partial charge < -0.3 is 10.1 Å². The van der Waals surface area contributed by atoms with E-state index < -0.39 is 0 Å². The smallest absolute Gasteiger partial charge is 0.122 e. The van der Waals surface area contributed by atoms with Crippen LogP contribution in [0.1, 0.15) is 43.9 Å². The first-order valence-corrected chi connectivity index (χ1v) is 7.48. The Labute approximate surface area is 124 Å². The molecule has 1 aromatic carbocycles. The first-order valence-electron chi connectivity index (χ1n) is 7.48. The van der Waals surface area contributed by atoms with E-state index in [0.717, 1.165) is 25.3 Å². The molecule has 0 aliphatic heterocycles. The van der Waals surface area contributed by atoms with E-state index in [1.165, 1.54) is 22.3 Å². The summed E-state index contributed by atoms with van der Waals surface area (Å²) in [7, 11) is 1.73. The first-order chi connectivity index (χ1) is 9.45. The number of nitrogens with one attached hydrogen (secondary N) is 1. The molecule has 1 rings (SSSR count). The summed E-state index contributed by atoms with van der Waals surface area (Å²) in [5.41, 5.74) is 5.14. The Morgan fingerprint density at radius 3 is 2.55 bits per heavy atom. The lowest BCUT2D eigenvalue weighted by molar-refractivity contribution is 0.411. The van der Waals surface area contributed by atoms with Gasteiger partial charge >= 0.3 is 0 Å². The van der Waals surface area contributed by atoms with Crippen LogP contribution in [0.3, 0.4) is 0 Å². The Morgan fingerprint density at radius 2 is 1.95 bits per heavy atom. The van der Waals surface area contributed by atoms with Crippen molar-refractivity contribution in [3.05, 3.63) is 34.9 Å². The number of aryl methyl sites for hydroxylation is 2. The Balaban J connectivity index is 2.67. The van der Waals surface area contributed by atoms with Crippen LogP contribution in [0, 0.1) is 19.8 Å². The van der Waals surface area contributed by atoms with Gasteiger partial charge in [0.2, 0.25) is 0 Å². The lowest BCUT2D eigenvalue weighted by Gasteiger charge is -2.12. The highest BCUT2D eigenvalue weighted by Crippen LogP contribution is 2.27. The SMILES string of the molecule is COc1cc(C)c(/C(C)=C/CCNCC(C)C)cc1C. The molecule has 2 nitrogen and oxygen atoms in total. The zero-order valence-corrected chi connectivity index (χ0v) is 13.8. The molecule has 0 aliphatic rings. The van der Waals surface area contributed by atoms with E-state index in [2.05, 4.69) is 58.1 Å². The van der Waals surface area contributed by atoms with Crippen LogP contribution < -0.4 is 10.1 Å². The Bertz CT molecular complexity index is 461. The second-order valence-electron chi connectivity index (χ2n) is 5.91. The van der Waals surface area contributed by atoms with Crippen LogP contribution in [0.15, 0.2) is 18.2 Å². The molecule has 0 saturated carbocycles. The Morgan fingerprint density at radius 1 is 1.25 bits per heavy atom. The monoisotopic (exact) mass is 275 g/mol. The average molecular weight is 275 g/mol. The molecule has 1 N–H and O–H groups in total. The molecule has 0 radical (unpaired) electrons. The first kappa shape index (κ1) is 16.8. The number of hydrogen-bond donors (Lipinski definition) is 1. The van der Waals surface area contributed by atoms with Gasteiger partial charge in [-0.05, 0) is 80.6 Å². The van der Waals surface area contributed by atoms with E-state index in [1.54, 1.807) is 7.11 Å². The minimum atomic E-state index is 0.714. The lowest BCUT2D eigenvalue weighted by Crippen LogP contribution is -2.20. The predicted molar refractivity (Wildman–Crippen MR) is 88.4 cm³/mol. The van der Waals surface area contributed by atoms with Gasteiger partial charge in [0, 0.05) is 0 Å². The topological polar surface area (TPSA) is 21.3 Å². The molecule has 0 fully saturated rings. The van der Waals surface area contributed by atoms with Gasteiger partial charge in [-0.2, -0.15) is 0 Å². The molecule has 0 spiro atoms. The lowest BCUT2D eigenvalue weighted by atomic mass is 9.98. The third-order valence-corrected chi connectivity index (χ3v) is 3.49. The quantitative estimate of drug-likeness (QED) is 0.747. The van der Waals surface area contributed by atoms with Crippen molar-refractivity contribution in [3.63, 3.8) is 0 Å². The summed E-state index contributed by atoms with van der Waals surface area (Å²) in [6, 6.07) is 4.35. The van der Waals surface area contributed by atoms with E-state index in [9.17, 15) is 0 Å². The van der Waals surface area contributed by atoms with Crippen molar-refractivity contribution >= 4 is 5.57 Å². The van der Waals surface area contributed by atoms with Crippen LogP contribution in [0.5, 0.6) is 5.75 Å². The number of rotatable bonds is 7. The van der Waals surface area contributed by atoms with Gasteiger partial charge in [0.05, 0.1) is 7.11 Å². The second kappa shape index (κ2) is 8.11. The van der Waals surface area contributed by atoms with Crippen LogP contribution in [0.2, 0.25) is 0 Å². The van der Waals surface area contributed by atoms with Gasteiger partial charge in [0.25, 0.3) is 0 Å². The van der Waals surface area contributed by atoms with Crippen molar-refractivity contribution in [2.24, 2.45) is 5.92 Å². The highest BCUT2D eigenvalue weighted by atomic mass is 16.5. The fourth-order valence-corrected chi connectivity index (χ4v) is 2.33. The average Bonchev–Trinajstić information content (AvgIpc) is 2.39. The van der Waals surface area contributed by atoms with Gasteiger partial charge in [0.1, 0.15) is 5.75 Å². The van der Waals surface area contributed by atoms with Crippen molar-refractivity contribution in [1.82, 2.24) is 5.32 Å². The van der Waals surface area contributed by atoms with E-state index in [0.29, 0.717) is 5.92 Å². The normalized spacial score (nSPS) is 12.1. The molecule has 0 aliphatic carbocycles. The molecular formula is C18H29NO. The van der Waals surface area contributed by atoms with Gasteiger partial charge in [-0.1, -0.05) is 19.9 Å². The predicted octanol–water partition coefficient (Wildman–Crippen LogP) is 4.35. The molecule has 0 bridgehead atoms. The van der Waals surface area contributed by atoms with Crippen LogP contribution in [0.4, 0.5) is 0 Å². The molecule has 1 aromatic rings. The minimum absolute atomic E-state index is 0.714. The largest absolute Gasteiger partial charge is 0.496 e. The van der Waals surface area contributed by atoms with E-state index in [4.69, 9.17) is 4.74 Å². The van der Waals surface area contributed by atoms with Crippen molar-refractivity contribution in [2.45, 2.75) is 41.0 Å². The van der Waals surface area contributed by atoms with E-state index >= 15 is 0 Å². The number of hydrogen-bond acceptors (Lipinski definition) is 2. The second-order valence-corrected chi connectivity index (χ2v) is 5.91. The summed E-state index contributed by atoms with van der Waals surface area (Å²) in [5, 5.41) is 3.47. The highest BCUT2D eigenvalue weighted by Gasteiger charge is 2.06. The van der Waals surface area contributed by atoms with Gasteiger partial charge in [-0.15, -0.1) is 0 Å². The van der Waals surface area contributed by atoms with Gasteiger partial charge in [-0.3, -0.25) is 0 Å². The zero-order valence-electron chi connectivity index (χ0n) is 13.8. The molecule has 2 heteroatoms. The van der Waals surface area contributed by atoms with Crippen molar-refractivity contribution < 1.29 is 4.74 Å². The summed E-state index contributed by atoms with van der Waals surface area (Å²) in [6.07, 6.45) is 3.39. The third-order valence-electron chi connectivity index (χ3n) is 3.49. The van der Waals surface area contributed by atoms with Crippen molar-refractivity contribution in [1.29, 1.82) is 0 Å². The highest BCUT2D eigenvalue weighted by molar-refractivity contribution is 5.68. The number of benzene rings is 1. The maximum Gasteiger partial charge on any atom is 0.122 e. The number of ether oxygens (including phenoxy) is 1. The van der Waals surface area contributed by atoms with Crippen LogP contribution in [-0.2, 0) is 0 Å². The maximum absolute atomic E-state index is 5.37. The van der Waals surface area contributed by atoms with E-state index in [1.807, 2.05) is 0 Å². The fourth-order valence-electron chi connectivity index (χ4n) is 2.33. The third kappa shape index (κ3) is 5.01. The molecule has 0 amide bonds. The molecule has 20 heavy (non-hydrogen) atoms. The molecule has 0 atom stereocenters. The summed E-state index contributed by atoms with van der Waals surface area (Å²) in [6.45, 7) is 13.0. The van der Waals surface area contributed by atoms with Crippen molar-refractivity contribution in [2.75, 3.05) is 20.2 Å². The Kier molecular flexibility index (Phi) is 6.80. The van der Waals surface area contributed by atoms with Crippen molar-refractivity contribution in [3.8, 4) is 5.75 Å². The maximum atomic E-state index is 5.37. The molecule has 0 unspecified atom stereocenters. The Hall–Kier alpha value is -1.28. The van der Waals surface area contributed by atoms with Crippen LogP contribution >= 0.6 is 0 Å². The summed E-state index contributed by atoms with van der Waals surface area (Å²) in [4.78, 5) is 0. The number of allylic oxidation sites excluding steroid dienone is 1. The molecule has 0 saturated heterocycles. The van der Waals surface area contributed by atoms with Crippen LogP contribution in [-0.4, -0.2) is 20.2 Å². The summed E-state index contributed by atoms with van der Waals surface area (Å²) in [5.74, 6) is 1.68. The van der Waals surface area contributed by atoms with Crippen LogP contribution in [0.25, 0.3) is 5.57 Å². The van der Waals surface area contributed by atoms with Gasteiger partial charge in [0.15, 0.2) is 0 Å². The fraction of sp³-hybridized carbons (Fsp3) is 0.556. The molecule has 112 valence electrons. The van der Waals surface area contributed by atoms with E-state index in [-0.39, 0.29) is 0 Å².